The monoisotopic (exact) mass is 283 g/mol. The smallest absolute Gasteiger partial charge is 0.0595 e. The van der Waals surface area contributed by atoms with Crippen LogP contribution in [0.1, 0.15) is 43.7 Å². The van der Waals surface area contributed by atoms with Crippen molar-refractivity contribution in [2.24, 2.45) is 23.5 Å². The third kappa shape index (κ3) is 2.41. The number of benzene rings is 1. The summed E-state index contributed by atoms with van der Waals surface area (Å²) in [6, 6.07) is 5.87. The second kappa shape index (κ2) is 5.03. The Morgan fingerprint density at radius 1 is 1.17 bits per heavy atom. The van der Waals surface area contributed by atoms with Crippen LogP contribution in [0.4, 0.5) is 0 Å². The largest absolute Gasteiger partial charge is 0.324 e. The normalized spacial score (nSPS) is 31.8. The highest BCUT2D eigenvalue weighted by Gasteiger charge is 2.39. The molecule has 98 valence electrons. The van der Waals surface area contributed by atoms with Crippen LogP contribution < -0.4 is 5.73 Å². The topological polar surface area (TPSA) is 26.0 Å². The molecule has 0 aliphatic heterocycles. The molecular formula is C15H19Cl2N. The van der Waals surface area contributed by atoms with Crippen molar-refractivity contribution in [3.8, 4) is 0 Å². The number of hydrogen-bond acceptors (Lipinski definition) is 1. The van der Waals surface area contributed by atoms with Gasteiger partial charge in [-0.15, -0.1) is 0 Å². The molecule has 4 unspecified atom stereocenters. The molecule has 2 N–H and O–H groups in total. The lowest BCUT2D eigenvalue weighted by atomic mass is 9.83. The summed E-state index contributed by atoms with van der Waals surface area (Å²) in [6.07, 6.45) is 6.80. The van der Waals surface area contributed by atoms with Gasteiger partial charge in [0, 0.05) is 6.04 Å². The van der Waals surface area contributed by atoms with Gasteiger partial charge in [-0.1, -0.05) is 35.7 Å². The molecule has 2 fully saturated rings. The zero-order chi connectivity index (χ0) is 12.7. The maximum absolute atomic E-state index is 6.32. The molecule has 0 heterocycles. The number of rotatable bonds is 3. The average molecular weight is 284 g/mol. The minimum atomic E-state index is 0.101. The van der Waals surface area contributed by atoms with Gasteiger partial charge in [-0.25, -0.2) is 0 Å². The summed E-state index contributed by atoms with van der Waals surface area (Å²) < 4.78 is 0. The highest BCUT2D eigenvalue weighted by molar-refractivity contribution is 6.42. The van der Waals surface area contributed by atoms with Crippen molar-refractivity contribution >= 4 is 23.2 Å². The lowest BCUT2D eigenvalue weighted by Gasteiger charge is -2.25. The van der Waals surface area contributed by atoms with Crippen molar-refractivity contribution < 1.29 is 0 Å². The quantitative estimate of drug-likeness (QED) is 0.846. The van der Waals surface area contributed by atoms with Gasteiger partial charge < -0.3 is 5.73 Å². The molecule has 18 heavy (non-hydrogen) atoms. The Balaban J connectivity index is 1.67. The van der Waals surface area contributed by atoms with Gasteiger partial charge in [0.05, 0.1) is 10.0 Å². The van der Waals surface area contributed by atoms with E-state index in [2.05, 4.69) is 0 Å². The fourth-order valence-corrected chi connectivity index (χ4v) is 4.18. The Kier molecular flexibility index (Phi) is 3.57. The second-order valence-corrected chi connectivity index (χ2v) is 6.77. The van der Waals surface area contributed by atoms with Crippen molar-refractivity contribution in [2.45, 2.75) is 38.1 Å². The molecule has 1 aromatic carbocycles. The minimum Gasteiger partial charge on any atom is -0.324 e. The minimum absolute atomic E-state index is 0.101. The summed E-state index contributed by atoms with van der Waals surface area (Å²) in [7, 11) is 0. The Bertz CT molecular complexity index is 446. The highest BCUT2D eigenvalue weighted by atomic mass is 35.5. The van der Waals surface area contributed by atoms with Crippen molar-refractivity contribution in [1.29, 1.82) is 0 Å². The van der Waals surface area contributed by atoms with Crippen LogP contribution in [-0.2, 0) is 0 Å². The average Bonchev–Trinajstić information content (AvgIpc) is 2.94. The van der Waals surface area contributed by atoms with Crippen LogP contribution in [0.25, 0.3) is 0 Å². The van der Waals surface area contributed by atoms with Crippen LogP contribution in [0.3, 0.4) is 0 Å². The molecule has 2 bridgehead atoms. The predicted octanol–water partition coefficient (Wildman–Crippen LogP) is 4.82. The molecule has 0 saturated heterocycles. The fraction of sp³-hybridized carbons (Fsp3) is 0.600. The molecule has 3 rings (SSSR count). The van der Waals surface area contributed by atoms with Gasteiger partial charge in [-0.05, 0) is 61.1 Å². The molecule has 2 aliphatic carbocycles. The van der Waals surface area contributed by atoms with E-state index in [0.29, 0.717) is 10.0 Å². The lowest BCUT2D eigenvalue weighted by molar-refractivity contribution is 0.296. The summed E-state index contributed by atoms with van der Waals surface area (Å²) in [4.78, 5) is 0. The maximum atomic E-state index is 6.32. The van der Waals surface area contributed by atoms with Crippen molar-refractivity contribution in [3.05, 3.63) is 33.8 Å². The molecule has 1 nitrogen and oxygen atoms in total. The SMILES string of the molecule is NC(CC1CC2CCC1C2)c1ccc(Cl)c(Cl)c1. The van der Waals surface area contributed by atoms with Gasteiger partial charge in [0.2, 0.25) is 0 Å². The van der Waals surface area contributed by atoms with Crippen molar-refractivity contribution in [1.82, 2.24) is 0 Å². The lowest BCUT2D eigenvalue weighted by Crippen LogP contribution is -2.19. The highest BCUT2D eigenvalue weighted by Crippen LogP contribution is 2.50. The molecule has 1 aromatic rings. The standard InChI is InChI=1S/C15H19Cl2N/c16-13-4-3-11(7-14(13)17)15(18)8-12-6-9-1-2-10(12)5-9/h3-4,7,9-10,12,15H,1-2,5-6,8,18H2. The van der Waals surface area contributed by atoms with Gasteiger partial charge in [0.25, 0.3) is 0 Å². The van der Waals surface area contributed by atoms with Crippen LogP contribution in [0.15, 0.2) is 18.2 Å². The molecule has 0 aromatic heterocycles. The maximum Gasteiger partial charge on any atom is 0.0595 e. The molecule has 0 amide bonds. The molecule has 3 heteroatoms. The zero-order valence-corrected chi connectivity index (χ0v) is 11.9. The van der Waals surface area contributed by atoms with Crippen molar-refractivity contribution in [2.75, 3.05) is 0 Å². The van der Waals surface area contributed by atoms with Crippen LogP contribution >= 0.6 is 23.2 Å². The van der Waals surface area contributed by atoms with E-state index in [1.165, 1.54) is 25.7 Å². The Hall–Kier alpha value is -0.240. The van der Waals surface area contributed by atoms with E-state index in [-0.39, 0.29) is 6.04 Å². The van der Waals surface area contributed by atoms with E-state index in [9.17, 15) is 0 Å². The predicted molar refractivity (Wildman–Crippen MR) is 76.9 cm³/mol. The van der Waals surface area contributed by atoms with Crippen molar-refractivity contribution in [3.63, 3.8) is 0 Å². The number of nitrogens with two attached hydrogens (primary N) is 1. The molecule has 2 saturated carbocycles. The molecule has 0 spiro atoms. The van der Waals surface area contributed by atoms with E-state index in [4.69, 9.17) is 28.9 Å². The van der Waals surface area contributed by atoms with Crippen LogP contribution in [0.2, 0.25) is 10.0 Å². The molecular weight excluding hydrogens is 265 g/mol. The van der Waals surface area contributed by atoms with Gasteiger partial charge >= 0.3 is 0 Å². The first kappa shape index (κ1) is 12.8. The van der Waals surface area contributed by atoms with E-state index < -0.39 is 0 Å². The molecule has 2 aliphatic rings. The van der Waals surface area contributed by atoms with Crippen LogP contribution in [0, 0.1) is 17.8 Å². The van der Waals surface area contributed by atoms with Gasteiger partial charge in [-0.2, -0.15) is 0 Å². The van der Waals surface area contributed by atoms with Crippen LogP contribution in [-0.4, -0.2) is 0 Å². The number of halogens is 2. The third-order valence-corrected chi connectivity index (χ3v) is 5.55. The molecule has 0 radical (unpaired) electrons. The fourth-order valence-electron chi connectivity index (χ4n) is 3.87. The van der Waals surface area contributed by atoms with E-state index in [0.717, 1.165) is 29.7 Å². The number of fused-ring (bicyclic) bond motifs is 2. The van der Waals surface area contributed by atoms with Crippen LogP contribution in [0.5, 0.6) is 0 Å². The Morgan fingerprint density at radius 3 is 2.61 bits per heavy atom. The van der Waals surface area contributed by atoms with Gasteiger partial charge in [0.15, 0.2) is 0 Å². The first-order chi connectivity index (χ1) is 8.63. The van der Waals surface area contributed by atoms with Gasteiger partial charge in [0.1, 0.15) is 0 Å². The Morgan fingerprint density at radius 2 is 2.00 bits per heavy atom. The first-order valence-electron chi connectivity index (χ1n) is 6.84. The van der Waals surface area contributed by atoms with E-state index in [1.807, 2.05) is 18.2 Å². The Labute approximate surface area is 119 Å². The molecule has 4 atom stereocenters. The second-order valence-electron chi connectivity index (χ2n) is 5.95. The summed E-state index contributed by atoms with van der Waals surface area (Å²) in [5, 5.41) is 1.21. The van der Waals surface area contributed by atoms with E-state index in [1.54, 1.807) is 0 Å². The zero-order valence-electron chi connectivity index (χ0n) is 10.4. The summed E-state index contributed by atoms with van der Waals surface area (Å²) in [6.45, 7) is 0. The van der Waals surface area contributed by atoms with E-state index >= 15 is 0 Å². The summed E-state index contributed by atoms with van der Waals surface area (Å²) in [5.74, 6) is 2.75. The summed E-state index contributed by atoms with van der Waals surface area (Å²) in [5.41, 5.74) is 7.44. The first-order valence-corrected chi connectivity index (χ1v) is 7.59. The summed E-state index contributed by atoms with van der Waals surface area (Å²) >= 11 is 12.0. The number of hydrogen-bond donors (Lipinski definition) is 1. The van der Waals surface area contributed by atoms with Gasteiger partial charge in [-0.3, -0.25) is 0 Å². The third-order valence-electron chi connectivity index (χ3n) is 4.81.